The van der Waals surface area contributed by atoms with Crippen LogP contribution in [0.2, 0.25) is 0 Å². The number of phenols is 1. The van der Waals surface area contributed by atoms with E-state index in [2.05, 4.69) is 4.74 Å². The first-order valence-electron chi connectivity index (χ1n) is 9.62. The lowest BCUT2D eigenvalue weighted by Crippen LogP contribution is -2.39. The van der Waals surface area contributed by atoms with E-state index >= 15 is 0 Å². The van der Waals surface area contributed by atoms with Gasteiger partial charge >= 0.3 is 12.1 Å². The summed E-state index contributed by atoms with van der Waals surface area (Å²) in [5.41, 5.74) is 2.02. The summed E-state index contributed by atoms with van der Waals surface area (Å²) in [6.07, 6.45) is -1.56. The second-order valence-corrected chi connectivity index (χ2v) is 9.15. The first kappa shape index (κ1) is 24.5. The Labute approximate surface area is 172 Å². The van der Waals surface area contributed by atoms with Crippen LogP contribution in [0.15, 0.2) is 12.1 Å². The second kappa shape index (κ2) is 9.29. The molecule has 0 aliphatic carbocycles. The number of carbonyl (C=O) groups excluding carboxylic acids is 3. The minimum Gasteiger partial charge on any atom is -0.507 e. The van der Waals surface area contributed by atoms with Gasteiger partial charge in [0.1, 0.15) is 5.75 Å². The molecule has 2 amide bonds. The zero-order valence-electron chi connectivity index (χ0n) is 18.6. The molecule has 0 fully saturated rings. The van der Waals surface area contributed by atoms with Crippen molar-refractivity contribution in [2.24, 2.45) is 0 Å². The minimum atomic E-state index is -1.11. The third-order valence-corrected chi connectivity index (χ3v) is 4.49. The topological polar surface area (TPSA) is 102 Å². The Morgan fingerprint density at radius 1 is 1.03 bits per heavy atom. The van der Waals surface area contributed by atoms with Crippen LogP contribution in [0.1, 0.15) is 71.6 Å². The molecule has 1 aromatic carbocycles. The number of hydrogen-bond donors (Lipinski definition) is 2. The Bertz CT molecular complexity index is 735. The van der Waals surface area contributed by atoms with Crippen LogP contribution >= 0.6 is 0 Å². The molecule has 7 heteroatoms. The van der Waals surface area contributed by atoms with E-state index in [0.717, 1.165) is 23.8 Å². The van der Waals surface area contributed by atoms with E-state index in [0.29, 0.717) is 6.42 Å². The molecule has 0 heterocycles. The summed E-state index contributed by atoms with van der Waals surface area (Å²) in [5, 5.41) is 12.7. The van der Waals surface area contributed by atoms with E-state index in [1.807, 2.05) is 59.0 Å². The molecule has 0 saturated heterocycles. The number of phenolic OH excluding ortho intramolecular Hbond substituents is 1. The molecular formula is C22H33NO6. The van der Waals surface area contributed by atoms with Crippen molar-refractivity contribution in [1.82, 2.24) is 5.32 Å². The van der Waals surface area contributed by atoms with Crippen molar-refractivity contribution >= 4 is 18.0 Å². The summed E-state index contributed by atoms with van der Waals surface area (Å²) in [4.78, 5) is 35.0. The number of methoxy groups -OCH3 is 1. The Morgan fingerprint density at radius 2 is 1.52 bits per heavy atom. The lowest BCUT2D eigenvalue weighted by Gasteiger charge is -2.28. The zero-order chi connectivity index (χ0) is 22.6. The highest BCUT2D eigenvalue weighted by Crippen LogP contribution is 2.39. The summed E-state index contributed by atoms with van der Waals surface area (Å²) in [5.74, 6) is -1.02. The predicted octanol–water partition coefficient (Wildman–Crippen LogP) is 3.73. The first-order valence-corrected chi connectivity index (χ1v) is 9.62. The number of esters is 1. The normalized spacial score (nSPS) is 12.8. The fourth-order valence-electron chi connectivity index (χ4n) is 2.79. The average Bonchev–Trinajstić information content (AvgIpc) is 2.58. The van der Waals surface area contributed by atoms with E-state index in [9.17, 15) is 19.5 Å². The lowest BCUT2D eigenvalue weighted by atomic mass is 9.78. The quantitative estimate of drug-likeness (QED) is 0.721. The summed E-state index contributed by atoms with van der Waals surface area (Å²) >= 11 is 0. The van der Waals surface area contributed by atoms with Gasteiger partial charge in [0.05, 0.1) is 7.11 Å². The maximum Gasteiger partial charge on any atom is 0.413 e. The van der Waals surface area contributed by atoms with Gasteiger partial charge in [-0.05, 0) is 40.9 Å². The van der Waals surface area contributed by atoms with Crippen LogP contribution in [0.4, 0.5) is 4.79 Å². The SMILES string of the molecule is COC(=O)NC(=O)[C@H](C)OC(=O)CCc1cc(C(C)(C)C)c(O)c(C(C)(C)C)c1. The van der Waals surface area contributed by atoms with E-state index < -0.39 is 24.1 Å². The van der Waals surface area contributed by atoms with Crippen molar-refractivity contribution < 1.29 is 29.0 Å². The molecule has 1 aromatic rings. The van der Waals surface area contributed by atoms with E-state index in [-0.39, 0.29) is 23.0 Å². The molecule has 29 heavy (non-hydrogen) atoms. The number of ether oxygens (including phenoxy) is 2. The lowest BCUT2D eigenvalue weighted by molar-refractivity contribution is -0.154. The summed E-state index contributed by atoms with van der Waals surface area (Å²) < 4.78 is 9.43. The number of rotatable bonds is 5. The van der Waals surface area contributed by atoms with Crippen LogP contribution in [0.5, 0.6) is 5.75 Å². The van der Waals surface area contributed by atoms with Crippen molar-refractivity contribution in [3.8, 4) is 5.75 Å². The molecule has 7 nitrogen and oxygen atoms in total. The molecule has 0 radical (unpaired) electrons. The van der Waals surface area contributed by atoms with Gasteiger partial charge in [0.25, 0.3) is 5.91 Å². The molecule has 0 unspecified atom stereocenters. The number of nitrogens with one attached hydrogen (secondary N) is 1. The smallest absolute Gasteiger partial charge is 0.413 e. The van der Waals surface area contributed by atoms with Crippen molar-refractivity contribution in [1.29, 1.82) is 0 Å². The molecule has 2 N–H and O–H groups in total. The Hall–Kier alpha value is -2.57. The van der Waals surface area contributed by atoms with Crippen LogP contribution in [-0.4, -0.2) is 36.3 Å². The standard InChI is InChI=1S/C22H33NO6/c1-13(19(26)23-20(27)28-8)29-17(24)10-9-14-11-15(21(2,3)4)18(25)16(12-14)22(5,6)7/h11-13,25H,9-10H2,1-8H3,(H,23,26,27)/t13-/m0/s1. The Kier molecular flexibility index (Phi) is 7.83. The largest absolute Gasteiger partial charge is 0.507 e. The number of benzene rings is 1. The van der Waals surface area contributed by atoms with E-state index in [1.165, 1.54) is 6.92 Å². The number of aromatic hydroxyl groups is 1. The van der Waals surface area contributed by atoms with Gasteiger partial charge in [-0.3, -0.25) is 14.9 Å². The fraction of sp³-hybridized carbons (Fsp3) is 0.591. The minimum absolute atomic E-state index is 0.0633. The Balaban J connectivity index is 2.92. The third kappa shape index (κ3) is 7.07. The number of hydrogen-bond acceptors (Lipinski definition) is 6. The van der Waals surface area contributed by atoms with Crippen molar-refractivity contribution in [3.63, 3.8) is 0 Å². The molecule has 0 saturated carbocycles. The number of carbonyl (C=O) groups is 3. The molecule has 0 bridgehead atoms. The molecule has 0 aromatic heterocycles. The van der Waals surface area contributed by atoms with Gasteiger partial charge in [-0.15, -0.1) is 0 Å². The number of aryl methyl sites for hydroxylation is 1. The highest BCUT2D eigenvalue weighted by atomic mass is 16.6. The highest BCUT2D eigenvalue weighted by molar-refractivity contribution is 5.94. The number of alkyl carbamates (subject to hydrolysis) is 1. The van der Waals surface area contributed by atoms with E-state index in [1.54, 1.807) is 0 Å². The third-order valence-electron chi connectivity index (χ3n) is 4.49. The van der Waals surface area contributed by atoms with Crippen molar-refractivity contribution in [3.05, 3.63) is 28.8 Å². The summed E-state index contributed by atoms with van der Waals surface area (Å²) in [6.45, 7) is 13.5. The molecule has 1 atom stereocenters. The van der Waals surface area contributed by atoms with Gasteiger partial charge in [-0.2, -0.15) is 0 Å². The molecule has 0 aliphatic rings. The molecule has 1 rings (SSSR count). The van der Waals surface area contributed by atoms with Gasteiger partial charge in [0.2, 0.25) is 0 Å². The maximum atomic E-state index is 12.1. The molecule has 0 aliphatic heterocycles. The van der Waals surface area contributed by atoms with Gasteiger partial charge < -0.3 is 14.6 Å². The first-order chi connectivity index (χ1) is 13.2. The van der Waals surface area contributed by atoms with Crippen LogP contribution in [0.3, 0.4) is 0 Å². The summed E-state index contributed by atoms with van der Waals surface area (Å²) in [7, 11) is 1.13. The van der Waals surface area contributed by atoms with Crippen LogP contribution in [0.25, 0.3) is 0 Å². The molecule has 162 valence electrons. The number of amides is 2. The zero-order valence-corrected chi connectivity index (χ0v) is 18.6. The Morgan fingerprint density at radius 3 is 1.93 bits per heavy atom. The van der Waals surface area contributed by atoms with Crippen LogP contribution in [0, 0.1) is 0 Å². The van der Waals surface area contributed by atoms with Crippen LogP contribution < -0.4 is 5.32 Å². The fourth-order valence-corrected chi connectivity index (χ4v) is 2.79. The second-order valence-electron chi connectivity index (χ2n) is 9.15. The van der Waals surface area contributed by atoms with E-state index in [4.69, 9.17) is 4.74 Å². The average molecular weight is 408 g/mol. The highest BCUT2D eigenvalue weighted by Gasteiger charge is 2.27. The van der Waals surface area contributed by atoms with Crippen LogP contribution in [-0.2, 0) is 36.3 Å². The van der Waals surface area contributed by atoms with Gasteiger partial charge in [0.15, 0.2) is 6.10 Å². The molecule has 0 spiro atoms. The van der Waals surface area contributed by atoms with Gasteiger partial charge in [0, 0.05) is 6.42 Å². The van der Waals surface area contributed by atoms with Gasteiger partial charge in [-0.25, -0.2) is 4.79 Å². The van der Waals surface area contributed by atoms with Gasteiger partial charge in [-0.1, -0.05) is 53.7 Å². The molecular weight excluding hydrogens is 374 g/mol. The van der Waals surface area contributed by atoms with Crippen molar-refractivity contribution in [2.75, 3.05) is 7.11 Å². The summed E-state index contributed by atoms with van der Waals surface area (Å²) in [6, 6.07) is 3.82. The monoisotopic (exact) mass is 407 g/mol. The van der Waals surface area contributed by atoms with Crippen molar-refractivity contribution in [2.45, 2.75) is 78.2 Å². The predicted molar refractivity (Wildman–Crippen MR) is 110 cm³/mol. The number of imide groups is 1. The maximum absolute atomic E-state index is 12.1.